The van der Waals surface area contributed by atoms with Gasteiger partial charge >= 0.3 is 0 Å². The third kappa shape index (κ3) is 4.37. The predicted octanol–water partition coefficient (Wildman–Crippen LogP) is 1.55. The van der Waals surface area contributed by atoms with E-state index in [-0.39, 0.29) is 0 Å². The molecule has 2 aromatic rings. The molecule has 102 valence electrons. The van der Waals surface area contributed by atoms with Crippen molar-refractivity contribution in [1.82, 2.24) is 20.1 Å². The van der Waals surface area contributed by atoms with Gasteiger partial charge in [0.05, 0.1) is 24.7 Å². The minimum Gasteiger partial charge on any atom is -0.492 e. The van der Waals surface area contributed by atoms with E-state index in [1.54, 1.807) is 10.9 Å². The van der Waals surface area contributed by atoms with Crippen LogP contribution in [0.15, 0.2) is 30.7 Å². The van der Waals surface area contributed by atoms with Gasteiger partial charge in [-0.2, -0.15) is 5.10 Å². The highest BCUT2D eigenvalue weighted by molar-refractivity contribution is 5.20. The van der Waals surface area contributed by atoms with Crippen LogP contribution in [0.2, 0.25) is 0 Å². The average molecular weight is 260 g/mol. The van der Waals surface area contributed by atoms with E-state index in [0.717, 1.165) is 31.0 Å². The maximum Gasteiger partial charge on any atom is 0.137 e. The van der Waals surface area contributed by atoms with Crippen LogP contribution < -0.4 is 10.1 Å². The third-order valence-electron chi connectivity index (χ3n) is 2.77. The van der Waals surface area contributed by atoms with Crippen molar-refractivity contribution >= 4 is 0 Å². The van der Waals surface area contributed by atoms with Crippen molar-refractivity contribution < 1.29 is 4.74 Å². The van der Waals surface area contributed by atoms with Crippen molar-refractivity contribution in [1.29, 1.82) is 0 Å². The van der Waals surface area contributed by atoms with Crippen LogP contribution in [0.1, 0.15) is 18.2 Å². The monoisotopic (exact) mass is 260 g/mol. The number of nitrogens with one attached hydrogen (secondary N) is 1. The number of rotatable bonds is 7. The molecular formula is C14H20N4O. The zero-order valence-corrected chi connectivity index (χ0v) is 11.5. The molecule has 0 aliphatic carbocycles. The van der Waals surface area contributed by atoms with Gasteiger partial charge in [-0.05, 0) is 24.2 Å². The minimum absolute atomic E-state index is 0.639. The molecule has 0 bridgehead atoms. The van der Waals surface area contributed by atoms with E-state index >= 15 is 0 Å². The molecule has 2 rings (SSSR count). The van der Waals surface area contributed by atoms with E-state index in [0.29, 0.717) is 6.61 Å². The number of aromatic nitrogens is 3. The molecule has 0 saturated carbocycles. The Kier molecular flexibility index (Phi) is 4.92. The summed E-state index contributed by atoms with van der Waals surface area (Å²) in [6.07, 6.45) is 6.49. The number of pyridine rings is 1. The molecule has 1 N–H and O–H groups in total. The summed E-state index contributed by atoms with van der Waals surface area (Å²) in [6, 6.07) is 3.95. The zero-order valence-electron chi connectivity index (χ0n) is 11.5. The van der Waals surface area contributed by atoms with Crippen molar-refractivity contribution in [2.24, 2.45) is 7.05 Å². The minimum atomic E-state index is 0.639. The Morgan fingerprint density at radius 3 is 2.84 bits per heavy atom. The lowest BCUT2D eigenvalue weighted by atomic mass is 10.3. The molecule has 0 aliphatic heterocycles. The Balaban J connectivity index is 1.76. The molecular weight excluding hydrogens is 240 g/mol. The lowest BCUT2D eigenvalue weighted by Gasteiger charge is -2.06. The maximum atomic E-state index is 5.66. The van der Waals surface area contributed by atoms with Crippen molar-refractivity contribution in [3.63, 3.8) is 0 Å². The second-order valence-electron chi connectivity index (χ2n) is 4.39. The van der Waals surface area contributed by atoms with Crippen LogP contribution in [0, 0.1) is 0 Å². The van der Waals surface area contributed by atoms with E-state index in [9.17, 15) is 0 Å². The topological polar surface area (TPSA) is 52.0 Å². The summed E-state index contributed by atoms with van der Waals surface area (Å²) in [5.41, 5.74) is 2.21. The molecule has 5 heteroatoms. The highest BCUT2D eigenvalue weighted by atomic mass is 16.5. The number of ether oxygens (including phenoxy) is 1. The fourth-order valence-corrected chi connectivity index (χ4v) is 1.74. The Morgan fingerprint density at radius 1 is 1.32 bits per heavy atom. The smallest absolute Gasteiger partial charge is 0.137 e. The summed E-state index contributed by atoms with van der Waals surface area (Å²) in [7, 11) is 1.91. The van der Waals surface area contributed by atoms with Crippen molar-refractivity contribution in [2.45, 2.75) is 19.9 Å². The first-order chi connectivity index (χ1) is 9.28. The lowest BCUT2D eigenvalue weighted by Crippen LogP contribution is -2.12. The maximum absolute atomic E-state index is 5.66. The largest absolute Gasteiger partial charge is 0.492 e. The van der Waals surface area contributed by atoms with Gasteiger partial charge in [0.1, 0.15) is 5.75 Å². The van der Waals surface area contributed by atoms with Crippen LogP contribution in [0.5, 0.6) is 5.75 Å². The number of hydrogen-bond donors (Lipinski definition) is 1. The van der Waals surface area contributed by atoms with Gasteiger partial charge in [-0.25, -0.2) is 0 Å². The van der Waals surface area contributed by atoms with E-state index in [2.05, 4.69) is 22.3 Å². The predicted molar refractivity (Wildman–Crippen MR) is 74.0 cm³/mol. The first-order valence-electron chi connectivity index (χ1n) is 6.54. The van der Waals surface area contributed by atoms with Crippen molar-refractivity contribution in [3.05, 3.63) is 42.0 Å². The van der Waals surface area contributed by atoms with Crippen LogP contribution in [-0.4, -0.2) is 27.9 Å². The molecule has 0 amide bonds. The quantitative estimate of drug-likeness (QED) is 0.820. The number of nitrogens with zero attached hydrogens (tertiary/aromatic N) is 3. The normalized spacial score (nSPS) is 10.6. The average Bonchev–Trinajstić information content (AvgIpc) is 2.84. The molecule has 5 nitrogen and oxygen atoms in total. The summed E-state index contributed by atoms with van der Waals surface area (Å²) < 4.78 is 7.46. The Labute approximate surface area is 113 Å². The van der Waals surface area contributed by atoms with Gasteiger partial charge in [0.25, 0.3) is 0 Å². The van der Waals surface area contributed by atoms with Gasteiger partial charge in [0.15, 0.2) is 0 Å². The molecule has 19 heavy (non-hydrogen) atoms. The summed E-state index contributed by atoms with van der Waals surface area (Å²) in [4.78, 5) is 4.34. The molecule has 0 spiro atoms. The molecule has 0 atom stereocenters. The highest BCUT2D eigenvalue weighted by Crippen LogP contribution is 2.10. The van der Waals surface area contributed by atoms with E-state index < -0.39 is 0 Å². The Morgan fingerprint density at radius 2 is 2.21 bits per heavy atom. The van der Waals surface area contributed by atoms with E-state index in [1.807, 2.05) is 31.6 Å². The van der Waals surface area contributed by atoms with E-state index in [1.165, 1.54) is 5.56 Å². The van der Waals surface area contributed by atoms with Crippen LogP contribution in [0.4, 0.5) is 0 Å². The molecule has 2 heterocycles. The van der Waals surface area contributed by atoms with Crippen LogP contribution in [-0.2, 0) is 20.0 Å². The fraction of sp³-hybridized carbons (Fsp3) is 0.429. The van der Waals surface area contributed by atoms with Crippen LogP contribution >= 0.6 is 0 Å². The van der Waals surface area contributed by atoms with Gasteiger partial charge in [-0.1, -0.05) is 6.92 Å². The zero-order chi connectivity index (χ0) is 13.5. The Hall–Kier alpha value is -1.88. The molecule has 0 aromatic carbocycles. The van der Waals surface area contributed by atoms with Gasteiger partial charge in [-0.3, -0.25) is 9.67 Å². The molecule has 0 radical (unpaired) electrons. The molecule has 0 saturated heterocycles. The molecule has 0 unspecified atom stereocenters. The fourth-order valence-electron chi connectivity index (χ4n) is 1.74. The Bertz CT molecular complexity index is 492. The lowest BCUT2D eigenvalue weighted by molar-refractivity contribution is 0.320. The summed E-state index contributed by atoms with van der Waals surface area (Å²) >= 11 is 0. The molecule has 2 aromatic heterocycles. The second-order valence-corrected chi connectivity index (χ2v) is 4.39. The van der Waals surface area contributed by atoms with Crippen molar-refractivity contribution in [3.8, 4) is 5.75 Å². The highest BCUT2D eigenvalue weighted by Gasteiger charge is 1.99. The SMILES string of the molecule is CCNCc1ccc(OCCc2cnn(C)c2)cn1. The number of aryl methyl sites for hydroxylation is 1. The third-order valence-corrected chi connectivity index (χ3v) is 2.77. The van der Waals surface area contributed by atoms with Gasteiger partial charge < -0.3 is 10.1 Å². The summed E-state index contributed by atoms with van der Waals surface area (Å²) in [6.45, 7) is 4.47. The van der Waals surface area contributed by atoms with Crippen molar-refractivity contribution in [2.75, 3.05) is 13.2 Å². The number of hydrogen-bond acceptors (Lipinski definition) is 4. The first kappa shape index (κ1) is 13.5. The van der Waals surface area contributed by atoms with Gasteiger partial charge in [0, 0.05) is 26.2 Å². The second kappa shape index (κ2) is 6.89. The van der Waals surface area contributed by atoms with E-state index in [4.69, 9.17) is 4.74 Å². The van der Waals surface area contributed by atoms with Crippen LogP contribution in [0.25, 0.3) is 0 Å². The molecule has 0 fully saturated rings. The van der Waals surface area contributed by atoms with Gasteiger partial charge in [-0.15, -0.1) is 0 Å². The van der Waals surface area contributed by atoms with Crippen LogP contribution in [0.3, 0.4) is 0 Å². The standard InChI is InChI=1S/C14H20N4O/c1-3-15-9-13-4-5-14(10-16-13)19-7-6-12-8-17-18(2)11-12/h4-5,8,10-11,15H,3,6-7,9H2,1-2H3. The first-order valence-corrected chi connectivity index (χ1v) is 6.54. The molecule has 0 aliphatic rings. The summed E-state index contributed by atoms with van der Waals surface area (Å²) in [5.74, 6) is 0.809. The van der Waals surface area contributed by atoms with Gasteiger partial charge in [0.2, 0.25) is 0 Å². The summed E-state index contributed by atoms with van der Waals surface area (Å²) in [5, 5.41) is 7.36.